The Hall–Kier alpha value is -1.35. The van der Waals surface area contributed by atoms with Crippen molar-refractivity contribution in [2.24, 2.45) is 0 Å². The lowest BCUT2D eigenvalue weighted by molar-refractivity contribution is 0.634. The molecule has 0 fully saturated rings. The molecule has 0 amide bonds. The highest BCUT2D eigenvalue weighted by Crippen LogP contribution is 2.34. The molecule has 1 unspecified atom stereocenters. The maximum atomic E-state index is 4.37. The van der Waals surface area contributed by atoms with E-state index in [9.17, 15) is 0 Å². The van der Waals surface area contributed by atoms with Gasteiger partial charge in [0.05, 0.1) is 0 Å². The van der Waals surface area contributed by atoms with Gasteiger partial charge in [0.15, 0.2) is 0 Å². The second-order valence-corrected chi connectivity index (χ2v) is 5.65. The van der Waals surface area contributed by atoms with Crippen LogP contribution in [-0.4, -0.2) is 11.5 Å². The topological polar surface area (TPSA) is 24.9 Å². The van der Waals surface area contributed by atoms with Crippen molar-refractivity contribution in [3.05, 3.63) is 57.7 Å². The van der Waals surface area contributed by atoms with Gasteiger partial charge in [-0.15, -0.1) is 0 Å². The van der Waals surface area contributed by atoms with Gasteiger partial charge in [0, 0.05) is 23.1 Å². The quantitative estimate of drug-likeness (QED) is 0.930. The van der Waals surface area contributed by atoms with Gasteiger partial charge in [-0.1, -0.05) is 24.3 Å². The van der Waals surface area contributed by atoms with E-state index in [1.54, 1.807) is 0 Å². The number of nitrogens with zero attached hydrogens (tertiary/aromatic N) is 1. The monoisotopic (exact) mass is 302 g/mol. The summed E-state index contributed by atoms with van der Waals surface area (Å²) in [5.41, 5.74) is 4.18. The first-order chi connectivity index (χ1) is 8.74. The van der Waals surface area contributed by atoms with Gasteiger partial charge in [-0.05, 0) is 52.0 Å². The van der Waals surface area contributed by atoms with E-state index in [1.165, 1.54) is 23.1 Å². The van der Waals surface area contributed by atoms with Crippen molar-refractivity contribution in [1.82, 2.24) is 4.98 Å². The van der Waals surface area contributed by atoms with E-state index in [0.29, 0.717) is 5.92 Å². The Morgan fingerprint density at radius 1 is 1.39 bits per heavy atom. The number of anilines is 1. The summed E-state index contributed by atoms with van der Waals surface area (Å²) in [5.74, 6) is 1.59. The van der Waals surface area contributed by atoms with Crippen LogP contribution in [0.25, 0.3) is 0 Å². The Bertz CT molecular complexity index is 580. The number of aromatic nitrogens is 1. The maximum absolute atomic E-state index is 4.37. The van der Waals surface area contributed by atoms with E-state index >= 15 is 0 Å². The summed E-state index contributed by atoms with van der Waals surface area (Å²) in [4.78, 5) is 4.37. The Morgan fingerprint density at radius 3 is 3.00 bits per heavy atom. The van der Waals surface area contributed by atoms with E-state index in [-0.39, 0.29) is 0 Å². The number of hydrogen-bond acceptors (Lipinski definition) is 2. The summed E-state index contributed by atoms with van der Waals surface area (Å²) in [6, 6.07) is 10.8. The fourth-order valence-electron chi connectivity index (χ4n) is 2.41. The molecular weight excluding hydrogens is 288 g/mol. The number of aryl methyl sites for hydroxylation is 1. The lowest BCUT2D eigenvalue weighted by Gasteiger charge is -2.30. The molecule has 0 saturated carbocycles. The molecule has 0 saturated heterocycles. The van der Waals surface area contributed by atoms with Crippen LogP contribution in [0.1, 0.15) is 22.6 Å². The number of rotatable bonds is 3. The summed E-state index contributed by atoms with van der Waals surface area (Å²) in [7, 11) is 0. The van der Waals surface area contributed by atoms with Crippen LogP contribution >= 0.6 is 15.9 Å². The van der Waals surface area contributed by atoms with Gasteiger partial charge in [-0.3, -0.25) is 0 Å². The summed E-state index contributed by atoms with van der Waals surface area (Å²) in [5, 5.41) is 3.42. The number of fused-ring (bicyclic) bond motifs is 1. The molecule has 0 spiro atoms. The highest BCUT2D eigenvalue weighted by molar-refractivity contribution is 9.10. The molecule has 0 bridgehead atoms. The summed E-state index contributed by atoms with van der Waals surface area (Å²) >= 11 is 3.47. The van der Waals surface area contributed by atoms with Crippen molar-refractivity contribution in [3.63, 3.8) is 0 Å². The fourth-order valence-corrected chi connectivity index (χ4v) is 2.63. The van der Waals surface area contributed by atoms with Crippen molar-refractivity contribution in [2.75, 3.05) is 11.9 Å². The second-order valence-electron chi connectivity index (χ2n) is 4.80. The molecule has 1 heterocycles. The maximum Gasteiger partial charge on any atom is 0.126 e. The molecule has 3 rings (SSSR count). The second kappa shape index (κ2) is 4.73. The molecule has 1 N–H and O–H groups in total. The van der Waals surface area contributed by atoms with Crippen LogP contribution in [0, 0.1) is 6.92 Å². The van der Waals surface area contributed by atoms with E-state index in [4.69, 9.17) is 0 Å². The average molecular weight is 303 g/mol. The first-order valence-electron chi connectivity index (χ1n) is 6.18. The van der Waals surface area contributed by atoms with Crippen LogP contribution in [0.15, 0.2) is 41.0 Å². The molecule has 92 valence electrons. The van der Waals surface area contributed by atoms with Crippen molar-refractivity contribution in [2.45, 2.75) is 19.3 Å². The minimum atomic E-state index is 0.631. The van der Waals surface area contributed by atoms with Crippen molar-refractivity contribution < 1.29 is 0 Å². The van der Waals surface area contributed by atoms with E-state index < -0.39 is 0 Å². The van der Waals surface area contributed by atoms with Gasteiger partial charge in [0.25, 0.3) is 0 Å². The number of pyridine rings is 1. The molecule has 2 nitrogen and oxygen atoms in total. The summed E-state index contributed by atoms with van der Waals surface area (Å²) < 4.78 is 1.06. The number of hydrogen-bond donors (Lipinski definition) is 1. The molecule has 3 heteroatoms. The molecule has 1 atom stereocenters. The molecule has 1 aromatic carbocycles. The zero-order chi connectivity index (χ0) is 12.5. The average Bonchev–Trinajstić information content (AvgIpc) is 2.35. The van der Waals surface area contributed by atoms with Crippen LogP contribution in [-0.2, 0) is 6.42 Å². The zero-order valence-corrected chi connectivity index (χ0v) is 11.9. The van der Waals surface area contributed by atoms with E-state index in [2.05, 4.69) is 63.5 Å². The Kier molecular flexibility index (Phi) is 3.08. The molecule has 1 aliphatic rings. The highest BCUT2D eigenvalue weighted by atomic mass is 79.9. The van der Waals surface area contributed by atoms with Gasteiger partial charge in [-0.25, -0.2) is 4.98 Å². The SMILES string of the molecule is Cc1cc(NCC2Cc3ccccc32)ncc1Br. The minimum Gasteiger partial charge on any atom is -0.369 e. The predicted octanol–water partition coefficient (Wildman–Crippen LogP) is 3.90. The molecule has 2 aromatic rings. The first kappa shape index (κ1) is 11.7. The third kappa shape index (κ3) is 2.15. The van der Waals surface area contributed by atoms with Crippen LogP contribution in [0.3, 0.4) is 0 Å². The minimum absolute atomic E-state index is 0.631. The molecule has 18 heavy (non-hydrogen) atoms. The molecule has 1 aromatic heterocycles. The molecule has 0 radical (unpaired) electrons. The largest absolute Gasteiger partial charge is 0.369 e. The number of benzene rings is 1. The van der Waals surface area contributed by atoms with Crippen LogP contribution in [0.4, 0.5) is 5.82 Å². The van der Waals surface area contributed by atoms with E-state index in [0.717, 1.165) is 16.8 Å². The molecular formula is C15H15BrN2. The van der Waals surface area contributed by atoms with Gasteiger partial charge in [0.2, 0.25) is 0 Å². The summed E-state index contributed by atoms with van der Waals surface area (Å²) in [6.07, 6.45) is 3.03. The Balaban J connectivity index is 1.65. The van der Waals surface area contributed by atoms with Gasteiger partial charge < -0.3 is 5.32 Å². The first-order valence-corrected chi connectivity index (χ1v) is 6.97. The predicted molar refractivity (Wildman–Crippen MR) is 78.1 cm³/mol. The number of nitrogens with one attached hydrogen (secondary N) is 1. The highest BCUT2D eigenvalue weighted by Gasteiger charge is 2.24. The van der Waals surface area contributed by atoms with Crippen molar-refractivity contribution in [3.8, 4) is 0 Å². The number of halogens is 1. The molecule has 0 aliphatic heterocycles. The Labute approximate surface area is 116 Å². The Morgan fingerprint density at radius 2 is 2.22 bits per heavy atom. The van der Waals surface area contributed by atoms with Crippen molar-refractivity contribution >= 4 is 21.7 Å². The van der Waals surface area contributed by atoms with Crippen LogP contribution in [0.5, 0.6) is 0 Å². The van der Waals surface area contributed by atoms with Gasteiger partial charge in [0.1, 0.15) is 5.82 Å². The van der Waals surface area contributed by atoms with E-state index in [1.807, 2.05) is 6.20 Å². The van der Waals surface area contributed by atoms with Gasteiger partial charge in [-0.2, -0.15) is 0 Å². The van der Waals surface area contributed by atoms with Crippen LogP contribution in [0.2, 0.25) is 0 Å². The third-order valence-electron chi connectivity index (χ3n) is 3.54. The third-order valence-corrected chi connectivity index (χ3v) is 4.37. The fraction of sp³-hybridized carbons (Fsp3) is 0.267. The van der Waals surface area contributed by atoms with Crippen LogP contribution < -0.4 is 5.32 Å². The van der Waals surface area contributed by atoms with Crippen molar-refractivity contribution in [1.29, 1.82) is 0 Å². The molecule has 1 aliphatic carbocycles. The summed E-state index contributed by atoms with van der Waals surface area (Å²) in [6.45, 7) is 3.04. The smallest absolute Gasteiger partial charge is 0.126 e. The normalized spacial score (nSPS) is 16.9. The zero-order valence-electron chi connectivity index (χ0n) is 10.3. The van der Waals surface area contributed by atoms with Gasteiger partial charge >= 0.3 is 0 Å². The standard InChI is InChI=1S/C15H15BrN2/c1-10-6-15(18-9-14(10)16)17-8-12-7-11-4-2-3-5-13(11)12/h2-6,9,12H,7-8H2,1H3,(H,17,18). The lowest BCUT2D eigenvalue weighted by atomic mass is 9.77. The lowest BCUT2D eigenvalue weighted by Crippen LogP contribution is -2.24.